The van der Waals surface area contributed by atoms with Crippen LogP contribution in [0.1, 0.15) is 19.8 Å². The van der Waals surface area contributed by atoms with E-state index < -0.39 is 11.4 Å². The predicted molar refractivity (Wildman–Crippen MR) is 60.4 cm³/mol. The molecule has 1 aromatic heterocycles. The van der Waals surface area contributed by atoms with Gasteiger partial charge in [0.25, 0.3) is 0 Å². The zero-order valence-corrected chi connectivity index (χ0v) is 9.68. The highest BCUT2D eigenvalue weighted by Crippen LogP contribution is 2.35. The highest BCUT2D eigenvalue weighted by Gasteiger charge is 2.44. The maximum Gasteiger partial charge on any atom is 0.311 e. The van der Waals surface area contributed by atoms with Gasteiger partial charge in [0.1, 0.15) is 0 Å². The summed E-state index contributed by atoms with van der Waals surface area (Å²) < 4.78 is 1.92. The van der Waals surface area contributed by atoms with Crippen molar-refractivity contribution in [2.24, 2.45) is 12.5 Å². The number of aromatic nitrogens is 2. The molecule has 0 aliphatic carbocycles. The Morgan fingerprint density at radius 2 is 2.44 bits per heavy atom. The number of carboxylic acid groups (broad SMARTS) is 1. The molecule has 1 aliphatic heterocycles. The van der Waals surface area contributed by atoms with Gasteiger partial charge in [0, 0.05) is 32.5 Å². The Kier molecular flexibility index (Phi) is 2.61. The van der Waals surface area contributed by atoms with Crippen LogP contribution in [-0.2, 0) is 11.8 Å². The Bertz CT molecular complexity index is 402. The van der Waals surface area contributed by atoms with Crippen LogP contribution in [0.3, 0.4) is 0 Å². The minimum absolute atomic E-state index is 0.559. The molecule has 0 radical (unpaired) electrons. The average molecular weight is 223 g/mol. The second kappa shape index (κ2) is 3.81. The standard InChI is InChI=1S/C11H17N3O2/c1-3-11(9(15)16)4-6-14(8-11)10-12-5-7-13(10)2/h5,7H,3-4,6,8H2,1-2H3,(H,15,16). The van der Waals surface area contributed by atoms with Crippen molar-refractivity contribution in [2.45, 2.75) is 19.8 Å². The van der Waals surface area contributed by atoms with Crippen LogP contribution in [0.4, 0.5) is 5.95 Å². The molecule has 1 N–H and O–H groups in total. The van der Waals surface area contributed by atoms with Crippen molar-refractivity contribution in [3.8, 4) is 0 Å². The van der Waals surface area contributed by atoms with Crippen molar-refractivity contribution < 1.29 is 9.90 Å². The van der Waals surface area contributed by atoms with Crippen LogP contribution in [-0.4, -0.2) is 33.7 Å². The maximum absolute atomic E-state index is 11.3. The summed E-state index contributed by atoms with van der Waals surface area (Å²) in [5.41, 5.74) is -0.591. The third-order valence-corrected chi connectivity index (χ3v) is 3.56. The first kappa shape index (κ1) is 11.0. The molecule has 16 heavy (non-hydrogen) atoms. The molecule has 0 bridgehead atoms. The van der Waals surface area contributed by atoms with Crippen molar-refractivity contribution in [3.05, 3.63) is 12.4 Å². The van der Waals surface area contributed by atoms with Crippen LogP contribution in [0.5, 0.6) is 0 Å². The summed E-state index contributed by atoms with van der Waals surface area (Å²) in [5.74, 6) is 0.170. The van der Waals surface area contributed by atoms with Gasteiger partial charge in [0.2, 0.25) is 5.95 Å². The zero-order valence-electron chi connectivity index (χ0n) is 9.68. The summed E-state index contributed by atoms with van der Waals surface area (Å²) in [4.78, 5) is 17.6. The summed E-state index contributed by atoms with van der Waals surface area (Å²) in [7, 11) is 1.93. The Labute approximate surface area is 94.7 Å². The van der Waals surface area contributed by atoms with Crippen LogP contribution < -0.4 is 4.90 Å². The SMILES string of the molecule is CCC1(C(=O)O)CCN(c2nccn2C)C1. The lowest BCUT2D eigenvalue weighted by Crippen LogP contribution is -2.34. The molecule has 0 saturated carbocycles. The van der Waals surface area contributed by atoms with E-state index in [0.717, 1.165) is 12.5 Å². The molecule has 1 aliphatic rings. The molecule has 0 amide bonds. The molecule has 0 aromatic carbocycles. The Morgan fingerprint density at radius 3 is 2.88 bits per heavy atom. The van der Waals surface area contributed by atoms with Gasteiger partial charge in [0.15, 0.2) is 0 Å². The van der Waals surface area contributed by atoms with Gasteiger partial charge in [-0.15, -0.1) is 0 Å². The van der Waals surface area contributed by atoms with E-state index in [9.17, 15) is 9.90 Å². The Morgan fingerprint density at radius 1 is 1.69 bits per heavy atom. The van der Waals surface area contributed by atoms with Crippen LogP contribution in [0.15, 0.2) is 12.4 Å². The van der Waals surface area contributed by atoms with Gasteiger partial charge in [0.05, 0.1) is 5.41 Å². The number of carbonyl (C=O) groups is 1. The monoisotopic (exact) mass is 223 g/mol. The van der Waals surface area contributed by atoms with Crippen molar-refractivity contribution in [3.63, 3.8) is 0 Å². The van der Waals surface area contributed by atoms with E-state index in [0.29, 0.717) is 19.4 Å². The normalized spacial score (nSPS) is 25.0. The predicted octanol–water partition coefficient (Wildman–Crippen LogP) is 1.11. The lowest BCUT2D eigenvalue weighted by Gasteiger charge is -2.23. The van der Waals surface area contributed by atoms with Crippen LogP contribution >= 0.6 is 0 Å². The van der Waals surface area contributed by atoms with Gasteiger partial charge in [-0.1, -0.05) is 6.92 Å². The fraction of sp³-hybridized carbons (Fsp3) is 0.636. The highest BCUT2D eigenvalue weighted by molar-refractivity contribution is 5.76. The van der Waals surface area contributed by atoms with Gasteiger partial charge in [-0.2, -0.15) is 0 Å². The van der Waals surface area contributed by atoms with E-state index in [-0.39, 0.29) is 0 Å². The number of anilines is 1. The lowest BCUT2D eigenvalue weighted by atomic mass is 9.84. The van der Waals surface area contributed by atoms with Crippen LogP contribution in [0.25, 0.3) is 0 Å². The third-order valence-electron chi connectivity index (χ3n) is 3.56. The quantitative estimate of drug-likeness (QED) is 0.834. The van der Waals surface area contributed by atoms with E-state index >= 15 is 0 Å². The molecule has 1 atom stereocenters. The Hall–Kier alpha value is -1.52. The molecule has 1 saturated heterocycles. The number of aliphatic carboxylic acids is 1. The number of hydrogen-bond acceptors (Lipinski definition) is 3. The maximum atomic E-state index is 11.3. The van der Waals surface area contributed by atoms with Crippen LogP contribution in [0, 0.1) is 5.41 Å². The van der Waals surface area contributed by atoms with E-state index in [2.05, 4.69) is 9.88 Å². The molecular weight excluding hydrogens is 206 g/mol. The molecule has 2 heterocycles. The fourth-order valence-corrected chi connectivity index (χ4v) is 2.32. The van der Waals surface area contributed by atoms with Gasteiger partial charge in [-0.3, -0.25) is 4.79 Å². The largest absolute Gasteiger partial charge is 0.481 e. The minimum Gasteiger partial charge on any atom is -0.481 e. The number of hydrogen-bond donors (Lipinski definition) is 1. The minimum atomic E-state index is -0.688. The van der Waals surface area contributed by atoms with E-state index in [1.54, 1.807) is 6.20 Å². The number of aryl methyl sites for hydroxylation is 1. The molecule has 88 valence electrons. The molecular formula is C11H17N3O2. The van der Waals surface area contributed by atoms with Crippen molar-refractivity contribution >= 4 is 11.9 Å². The second-order valence-corrected chi connectivity index (χ2v) is 4.45. The first-order valence-electron chi connectivity index (χ1n) is 5.55. The summed E-state index contributed by atoms with van der Waals surface area (Å²) >= 11 is 0. The summed E-state index contributed by atoms with van der Waals surface area (Å²) in [5, 5.41) is 9.29. The number of carboxylic acids is 1. The zero-order chi connectivity index (χ0) is 11.8. The smallest absolute Gasteiger partial charge is 0.311 e. The molecule has 5 nitrogen and oxygen atoms in total. The van der Waals surface area contributed by atoms with E-state index in [1.165, 1.54) is 0 Å². The number of imidazole rings is 1. The van der Waals surface area contributed by atoms with Gasteiger partial charge in [-0.05, 0) is 12.8 Å². The van der Waals surface area contributed by atoms with Crippen molar-refractivity contribution in [1.82, 2.24) is 9.55 Å². The lowest BCUT2D eigenvalue weighted by molar-refractivity contribution is -0.147. The summed E-state index contributed by atoms with van der Waals surface area (Å²) in [6.07, 6.45) is 4.99. The molecule has 1 unspecified atom stereocenters. The van der Waals surface area contributed by atoms with E-state index in [4.69, 9.17) is 0 Å². The van der Waals surface area contributed by atoms with Gasteiger partial charge < -0.3 is 14.6 Å². The van der Waals surface area contributed by atoms with Gasteiger partial charge >= 0.3 is 5.97 Å². The third kappa shape index (κ3) is 1.56. The molecule has 0 spiro atoms. The summed E-state index contributed by atoms with van der Waals surface area (Å²) in [6, 6.07) is 0. The molecule has 1 fully saturated rings. The number of nitrogens with zero attached hydrogens (tertiary/aromatic N) is 3. The van der Waals surface area contributed by atoms with Crippen molar-refractivity contribution in [1.29, 1.82) is 0 Å². The van der Waals surface area contributed by atoms with E-state index in [1.807, 2.05) is 24.7 Å². The highest BCUT2D eigenvalue weighted by atomic mass is 16.4. The summed E-state index contributed by atoms with van der Waals surface area (Å²) in [6.45, 7) is 3.27. The first-order chi connectivity index (χ1) is 7.59. The van der Waals surface area contributed by atoms with Crippen LogP contribution in [0.2, 0.25) is 0 Å². The number of rotatable bonds is 3. The van der Waals surface area contributed by atoms with Crippen molar-refractivity contribution in [2.75, 3.05) is 18.0 Å². The molecule has 5 heteroatoms. The second-order valence-electron chi connectivity index (χ2n) is 4.45. The molecule has 2 rings (SSSR count). The van der Waals surface area contributed by atoms with Gasteiger partial charge in [-0.25, -0.2) is 4.98 Å². The average Bonchev–Trinajstić information content (AvgIpc) is 2.84. The topological polar surface area (TPSA) is 58.4 Å². The Balaban J connectivity index is 2.20. The first-order valence-corrected chi connectivity index (χ1v) is 5.55. The molecule has 1 aromatic rings. The fourth-order valence-electron chi connectivity index (χ4n) is 2.32.